The summed E-state index contributed by atoms with van der Waals surface area (Å²) in [5.74, 6) is 0.410. The van der Waals surface area contributed by atoms with Crippen molar-refractivity contribution in [2.75, 3.05) is 11.9 Å². The second-order valence-corrected chi connectivity index (χ2v) is 4.45. The van der Waals surface area contributed by atoms with E-state index in [2.05, 4.69) is 27.3 Å². The van der Waals surface area contributed by atoms with E-state index >= 15 is 0 Å². The van der Waals surface area contributed by atoms with Gasteiger partial charge in [0.25, 0.3) is 5.56 Å². The van der Waals surface area contributed by atoms with Crippen molar-refractivity contribution in [3.8, 4) is 11.3 Å². The van der Waals surface area contributed by atoms with Gasteiger partial charge in [-0.1, -0.05) is 6.58 Å². The first-order valence-corrected chi connectivity index (χ1v) is 6.82. The van der Waals surface area contributed by atoms with E-state index in [1.807, 2.05) is 13.0 Å². The number of hydrogen-bond acceptors (Lipinski definition) is 5. The number of carbonyl (C=O) groups excluding carboxylic acids is 1. The van der Waals surface area contributed by atoms with Gasteiger partial charge in [0.15, 0.2) is 0 Å². The molecule has 0 aliphatic carbocycles. The van der Waals surface area contributed by atoms with Crippen LogP contribution in [0.2, 0.25) is 0 Å². The molecule has 0 saturated heterocycles. The van der Waals surface area contributed by atoms with Gasteiger partial charge in [0.1, 0.15) is 12.4 Å². The van der Waals surface area contributed by atoms with Crippen LogP contribution in [-0.2, 0) is 11.3 Å². The highest BCUT2D eigenvalue weighted by molar-refractivity contribution is 5.75. The number of rotatable bonds is 6. The average Bonchev–Trinajstić information content (AvgIpc) is 2.51. The molecule has 2 aromatic heterocycles. The van der Waals surface area contributed by atoms with Crippen LogP contribution in [0.15, 0.2) is 48.0 Å². The van der Waals surface area contributed by atoms with E-state index < -0.39 is 0 Å². The fourth-order valence-corrected chi connectivity index (χ4v) is 1.84. The summed E-state index contributed by atoms with van der Waals surface area (Å²) in [6, 6.07) is 6.59. The number of aromatic nitrogens is 3. The van der Waals surface area contributed by atoms with Gasteiger partial charge in [-0.15, -0.1) is 0 Å². The van der Waals surface area contributed by atoms with Gasteiger partial charge >= 0.3 is 0 Å². The summed E-state index contributed by atoms with van der Waals surface area (Å²) in [7, 11) is 0. The zero-order chi connectivity index (χ0) is 15.9. The molecule has 114 valence electrons. The number of nitrogens with zero attached hydrogens (tertiary/aromatic N) is 3. The first kappa shape index (κ1) is 15.4. The van der Waals surface area contributed by atoms with Crippen molar-refractivity contribution < 1.29 is 4.79 Å². The molecule has 0 atom stereocenters. The van der Waals surface area contributed by atoms with E-state index in [1.54, 1.807) is 18.3 Å². The fourth-order valence-electron chi connectivity index (χ4n) is 1.84. The quantitative estimate of drug-likeness (QED) is 0.830. The average molecular weight is 299 g/mol. The summed E-state index contributed by atoms with van der Waals surface area (Å²) in [5.41, 5.74) is 0.994. The lowest BCUT2D eigenvalue weighted by atomic mass is 10.2. The van der Waals surface area contributed by atoms with Crippen molar-refractivity contribution in [2.24, 2.45) is 0 Å². The maximum absolute atomic E-state index is 11.8. The minimum atomic E-state index is -0.326. The van der Waals surface area contributed by atoms with E-state index in [0.717, 1.165) is 10.2 Å². The molecule has 7 nitrogen and oxygen atoms in total. The van der Waals surface area contributed by atoms with Gasteiger partial charge in [-0.2, -0.15) is 5.10 Å². The van der Waals surface area contributed by atoms with E-state index in [4.69, 9.17) is 0 Å². The van der Waals surface area contributed by atoms with Gasteiger partial charge in [0.2, 0.25) is 5.91 Å². The molecule has 2 N–H and O–H groups in total. The molecule has 2 rings (SSSR count). The first-order chi connectivity index (χ1) is 10.6. The van der Waals surface area contributed by atoms with Crippen LogP contribution >= 0.6 is 0 Å². The molecular weight excluding hydrogens is 282 g/mol. The van der Waals surface area contributed by atoms with E-state index in [0.29, 0.717) is 18.1 Å². The Balaban J connectivity index is 2.26. The van der Waals surface area contributed by atoms with Crippen LogP contribution in [0.25, 0.3) is 11.3 Å². The number of carbonyl (C=O) groups is 1. The Morgan fingerprint density at radius 2 is 2.18 bits per heavy atom. The van der Waals surface area contributed by atoms with Crippen molar-refractivity contribution in [3.63, 3.8) is 0 Å². The molecule has 0 aliphatic rings. The number of amides is 1. The topological polar surface area (TPSA) is 88.9 Å². The van der Waals surface area contributed by atoms with E-state index in [-0.39, 0.29) is 18.0 Å². The second kappa shape index (κ2) is 7.16. The van der Waals surface area contributed by atoms with Crippen LogP contribution in [0.1, 0.15) is 6.92 Å². The highest BCUT2D eigenvalue weighted by Gasteiger charge is 2.07. The number of likely N-dealkylation sites (N-methyl/N-ethyl adjacent to an activating group) is 1. The predicted molar refractivity (Wildman–Crippen MR) is 84.2 cm³/mol. The lowest BCUT2D eigenvalue weighted by molar-refractivity contribution is -0.121. The molecular formula is C15H17N5O2. The Bertz CT molecular complexity index is 721. The summed E-state index contributed by atoms with van der Waals surface area (Å²) in [6.45, 7) is 5.78. The molecule has 0 aliphatic heterocycles. The molecule has 0 fully saturated rings. The van der Waals surface area contributed by atoms with Gasteiger partial charge in [0, 0.05) is 24.4 Å². The third-order valence-electron chi connectivity index (χ3n) is 2.84. The first-order valence-electron chi connectivity index (χ1n) is 6.82. The zero-order valence-electron chi connectivity index (χ0n) is 12.2. The molecule has 0 aromatic carbocycles. The molecule has 2 aromatic rings. The third-order valence-corrected chi connectivity index (χ3v) is 2.84. The Labute approximate surface area is 127 Å². The molecule has 0 spiro atoms. The molecule has 0 bridgehead atoms. The Morgan fingerprint density at radius 1 is 1.36 bits per heavy atom. The number of anilines is 1. The maximum atomic E-state index is 11.8. The smallest absolute Gasteiger partial charge is 0.267 e. The monoisotopic (exact) mass is 299 g/mol. The maximum Gasteiger partial charge on any atom is 0.267 e. The molecule has 0 radical (unpaired) electrons. The summed E-state index contributed by atoms with van der Waals surface area (Å²) in [4.78, 5) is 27.6. The SMILES string of the molecule is C=CNc1ccc(-c2ccc(=O)n(CC(=O)NCC)n2)cn1. The van der Waals surface area contributed by atoms with Crippen LogP contribution < -0.4 is 16.2 Å². The van der Waals surface area contributed by atoms with Gasteiger partial charge in [-0.3, -0.25) is 9.59 Å². The standard InChI is InChI=1S/C15H17N5O2/c1-3-16-13-7-5-11(9-18-13)12-6-8-15(22)20(19-12)10-14(21)17-4-2/h3,5-9H,1,4,10H2,2H3,(H,16,18)(H,17,21). The molecule has 22 heavy (non-hydrogen) atoms. The third kappa shape index (κ3) is 3.78. The highest BCUT2D eigenvalue weighted by atomic mass is 16.2. The van der Waals surface area contributed by atoms with E-state index in [9.17, 15) is 9.59 Å². The van der Waals surface area contributed by atoms with Gasteiger partial charge in [0.05, 0.1) is 5.69 Å². The Hall–Kier alpha value is -2.96. The van der Waals surface area contributed by atoms with E-state index in [1.165, 1.54) is 12.3 Å². The van der Waals surface area contributed by atoms with Gasteiger partial charge in [-0.05, 0) is 31.3 Å². The van der Waals surface area contributed by atoms with Crippen molar-refractivity contribution in [1.82, 2.24) is 20.1 Å². The van der Waals surface area contributed by atoms with Crippen molar-refractivity contribution in [3.05, 3.63) is 53.6 Å². The van der Waals surface area contributed by atoms with Crippen LogP contribution in [-0.4, -0.2) is 27.2 Å². The fraction of sp³-hybridized carbons (Fsp3) is 0.200. The van der Waals surface area contributed by atoms with Crippen LogP contribution in [0, 0.1) is 0 Å². The van der Waals surface area contributed by atoms with Gasteiger partial charge in [-0.25, -0.2) is 9.67 Å². The highest BCUT2D eigenvalue weighted by Crippen LogP contribution is 2.15. The summed E-state index contributed by atoms with van der Waals surface area (Å²) in [5, 5.41) is 9.71. The number of pyridine rings is 1. The molecule has 7 heteroatoms. The summed E-state index contributed by atoms with van der Waals surface area (Å²) >= 11 is 0. The normalized spacial score (nSPS) is 10.0. The second-order valence-electron chi connectivity index (χ2n) is 4.45. The molecule has 0 unspecified atom stereocenters. The summed E-state index contributed by atoms with van der Waals surface area (Å²) in [6.07, 6.45) is 3.17. The summed E-state index contributed by atoms with van der Waals surface area (Å²) < 4.78 is 1.14. The Morgan fingerprint density at radius 3 is 2.82 bits per heavy atom. The largest absolute Gasteiger partial charge is 0.355 e. The number of nitrogens with one attached hydrogen (secondary N) is 2. The Kier molecular flexibility index (Phi) is 5.02. The van der Waals surface area contributed by atoms with Crippen LogP contribution in [0.5, 0.6) is 0 Å². The van der Waals surface area contributed by atoms with Crippen molar-refractivity contribution in [1.29, 1.82) is 0 Å². The molecule has 2 heterocycles. The molecule has 1 amide bonds. The van der Waals surface area contributed by atoms with Crippen LogP contribution in [0.4, 0.5) is 5.82 Å². The molecule has 0 saturated carbocycles. The number of hydrogen-bond donors (Lipinski definition) is 2. The van der Waals surface area contributed by atoms with Gasteiger partial charge < -0.3 is 10.6 Å². The van der Waals surface area contributed by atoms with Crippen LogP contribution in [0.3, 0.4) is 0 Å². The minimum absolute atomic E-state index is 0.107. The van der Waals surface area contributed by atoms with Crippen molar-refractivity contribution in [2.45, 2.75) is 13.5 Å². The lowest BCUT2D eigenvalue weighted by Gasteiger charge is -2.07. The predicted octanol–water partition coefficient (Wildman–Crippen LogP) is 0.997. The van der Waals surface area contributed by atoms with Crippen molar-refractivity contribution >= 4 is 11.7 Å². The lowest BCUT2D eigenvalue weighted by Crippen LogP contribution is -2.33. The minimum Gasteiger partial charge on any atom is -0.355 e. The zero-order valence-corrected chi connectivity index (χ0v) is 12.2.